The topological polar surface area (TPSA) is 87.6 Å². The van der Waals surface area contributed by atoms with Gasteiger partial charge < -0.3 is 20.1 Å². The van der Waals surface area contributed by atoms with Crippen molar-refractivity contribution in [2.24, 2.45) is 0 Å². The van der Waals surface area contributed by atoms with E-state index < -0.39 is 18.4 Å². The Labute approximate surface area is 181 Å². The van der Waals surface area contributed by atoms with Crippen LogP contribution in [0.1, 0.15) is 16.8 Å². The van der Waals surface area contributed by atoms with Crippen molar-refractivity contribution >= 4 is 17.4 Å². The number of pyridine rings is 2. The monoisotopic (exact) mass is 444 g/mol. The largest absolute Gasteiger partial charge is 0.573 e. The van der Waals surface area contributed by atoms with Gasteiger partial charge >= 0.3 is 6.36 Å². The SMILES string of the molecule is O=C(Nc1ccc(OC(F)(F)F)cc1)c1cnc(N2CC[C@@H](O)C2)c(-c2cccnc2)c1. The predicted molar refractivity (Wildman–Crippen MR) is 111 cm³/mol. The predicted octanol–water partition coefficient (Wildman–Crippen LogP) is 3.87. The number of alkyl halides is 3. The number of nitrogens with one attached hydrogen (secondary N) is 1. The maximum absolute atomic E-state index is 12.8. The minimum Gasteiger partial charge on any atom is -0.406 e. The number of carbonyl (C=O) groups is 1. The first kappa shape index (κ1) is 21.6. The number of aliphatic hydroxyl groups excluding tert-OH is 1. The zero-order valence-corrected chi connectivity index (χ0v) is 16.7. The number of ether oxygens (including phenoxy) is 1. The molecular weight excluding hydrogens is 425 g/mol. The maximum Gasteiger partial charge on any atom is 0.573 e. The summed E-state index contributed by atoms with van der Waals surface area (Å²) in [6.45, 7) is 1.08. The highest BCUT2D eigenvalue weighted by atomic mass is 19.4. The Hall–Kier alpha value is -3.66. The Morgan fingerprint density at radius 2 is 1.97 bits per heavy atom. The third-order valence-electron chi connectivity index (χ3n) is 4.91. The third-order valence-corrected chi connectivity index (χ3v) is 4.91. The summed E-state index contributed by atoms with van der Waals surface area (Å²) in [5.74, 6) is -0.215. The van der Waals surface area contributed by atoms with Crippen molar-refractivity contribution < 1.29 is 27.8 Å². The summed E-state index contributed by atoms with van der Waals surface area (Å²) in [6.07, 6.45) is 0.130. The van der Waals surface area contributed by atoms with Crippen molar-refractivity contribution in [1.82, 2.24) is 9.97 Å². The molecule has 1 aliphatic rings. The Balaban J connectivity index is 1.57. The number of hydrogen-bond donors (Lipinski definition) is 2. The van der Waals surface area contributed by atoms with Crippen LogP contribution in [0.2, 0.25) is 0 Å². The smallest absolute Gasteiger partial charge is 0.406 e. The number of aliphatic hydroxyl groups is 1. The van der Waals surface area contributed by atoms with E-state index in [0.29, 0.717) is 36.6 Å². The second-order valence-electron chi connectivity index (χ2n) is 7.25. The molecule has 1 fully saturated rings. The molecule has 10 heteroatoms. The highest BCUT2D eigenvalue weighted by Crippen LogP contribution is 2.32. The maximum atomic E-state index is 12.8. The summed E-state index contributed by atoms with van der Waals surface area (Å²) in [4.78, 5) is 23.3. The molecule has 0 aliphatic carbocycles. The van der Waals surface area contributed by atoms with Crippen LogP contribution in [0.5, 0.6) is 5.75 Å². The number of benzene rings is 1. The number of carbonyl (C=O) groups excluding carboxylic acids is 1. The molecule has 1 atom stereocenters. The summed E-state index contributed by atoms with van der Waals surface area (Å²) >= 11 is 0. The molecule has 4 rings (SSSR count). The van der Waals surface area contributed by atoms with Crippen molar-refractivity contribution in [2.75, 3.05) is 23.3 Å². The summed E-state index contributed by atoms with van der Waals surface area (Å²) in [5.41, 5.74) is 2.02. The summed E-state index contributed by atoms with van der Waals surface area (Å²) in [5, 5.41) is 12.5. The van der Waals surface area contributed by atoms with Gasteiger partial charge in [0.2, 0.25) is 0 Å². The number of β-amino-alcohol motifs (C(OH)–C–C–N with tert-alkyl or cyclic N) is 1. The van der Waals surface area contributed by atoms with Gasteiger partial charge in [-0.15, -0.1) is 13.2 Å². The molecule has 0 unspecified atom stereocenters. The van der Waals surface area contributed by atoms with E-state index in [2.05, 4.69) is 20.0 Å². The van der Waals surface area contributed by atoms with Gasteiger partial charge in [-0.05, 0) is 42.8 Å². The van der Waals surface area contributed by atoms with E-state index in [4.69, 9.17) is 0 Å². The molecule has 1 aliphatic heterocycles. The lowest BCUT2D eigenvalue weighted by molar-refractivity contribution is -0.274. The first-order valence-corrected chi connectivity index (χ1v) is 9.79. The van der Waals surface area contributed by atoms with Crippen molar-refractivity contribution in [3.63, 3.8) is 0 Å². The molecule has 0 saturated carbocycles. The normalized spacial score (nSPS) is 16.1. The van der Waals surface area contributed by atoms with Crippen LogP contribution >= 0.6 is 0 Å². The molecule has 166 valence electrons. The molecule has 1 saturated heterocycles. The fourth-order valence-corrected chi connectivity index (χ4v) is 3.45. The van der Waals surface area contributed by atoms with Gasteiger partial charge in [-0.25, -0.2) is 4.98 Å². The Morgan fingerprint density at radius 3 is 2.59 bits per heavy atom. The average molecular weight is 444 g/mol. The fourth-order valence-electron chi connectivity index (χ4n) is 3.45. The van der Waals surface area contributed by atoms with E-state index in [1.54, 1.807) is 24.5 Å². The number of rotatable bonds is 5. The second kappa shape index (κ2) is 8.83. The van der Waals surface area contributed by atoms with Gasteiger partial charge in [0.1, 0.15) is 11.6 Å². The molecule has 1 amide bonds. The molecule has 0 bridgehead atoms. The average Bonchev–Trinajstić information content (AvgIpc) is 3.20. The molecule has 3 heterocycles. The van der Waals surface area contributed by atoms with Crippen LogP contribution in [0, 0.1) is 0 Å². The summed E-state index contributed by atoms with van der Waals surface area (Å²) in [7, 11) is 0. The van der Waals surface area contributed by atoms with E-state index >= 15 is 0 Å². The van der Waals surface area contributed by atoms with Crippen LogP contribution in [0.3, 0.4) is 0 Å². The minimum atomic E-state index is -4.79. The highest BCUT2D eigenvalue weighted by molar-refractivity contribution is 6.05. The molecule has 0 radical (unpaired) electrons. The molecule has 3 aromatic rings. The van der Waals surface area contributed by atoms with Crippen molar-refractivity contribution in [3.8, 4) is 16.9 Å². The molecule has 1 aromatic carbocycles. The zero-order valence-electron chi connectivity index (χ0n) is 16.7. The molecule has 32 heavy (non-hydrogen) atoms. The first-order chi connectivity index (χ1) is 15.3. The molecule has 2 N–H and O–H groups in total. The Morgan fingerprint density at radius 1 is 1.19 bits per heavy atom. The summed E-state index contributed by atoms with van der Waals surface area (Å²) in [6, 6.07) is 10.2. The lowest BCUT2D eigenvalue weighted by Gasteiger charge is -2.21. The van der Waals surface area contributed by atoms with Crippen molar-refractivity contribution in [3.05, 3.63) is 66.6 Å². The Kier molecular flexibility index (Phi) is 5.95. The van der Waals surface area contributed by atoms with Crippen LogP contribution < -0.4 is 15.0 Å². The van der Waals surface area contributed by atoms with E-state index in [9.17, 15) is 23.1 Å². The van der Waals surface area contributed by atoms with Crippen LogP contribution in [-0.2, 0) is 0 Å². The van der Waals surface area contributed by atoms with E-state index in [-0.39, 0.29) is 11.3 Å². The molecule has 0 spiro atoms. The highest BCUT2D eigenvalue weighted by Gasteiger charge is 2.31. The number of anilines is 2. The van der Waals surface area contributed by atoms with Gasteiger partial charge in [-0.3, -0.25) is 9.78 Å². The molecule has 2 aromatic heterocycles. The lowest BCUT2D eigenvalue weighted by atomic mass is 10.1. The number of aromatic nitrogens is 2. The fraction of sp³-hybridized carbons (Fsp3) is 0.227. The molecule has 7 nitrogen and oxygen atoms in total. The Bertz CT molecular complexity index is 1090. The van der Waals surface area contributed by atoms with Gasteiger partial charge in [0, 0.05) is 48.5 Å². The van der Waals surface area contributed by atoms with E-state index in [1.165, 1.54) is 18.3 Å². The quantitative estimate of drug-likeness (QED) is 0.621. The number of halogens is 3. The number of nitrogens with zero attached hydrogens (tertiary/aromatic N) is 3. The van der Waals surface area contributed by atoms with Gasteiger partial charge in [0.15, 0.2) is 0 Å². The van der Waals surface area contributed by atoms with Crippen LogP contribution in [0.15, 0.2) is 61.1 Å². The number of amides is 1. The van der Waals surface area contributed by atoms with Crippen molar-refractivity contribution in [1.29, 1.82) is 0 Å². The minimum absolute atomic E-state index is 0.267. The van der Waals surface area contributed by atoms with Gasteiger partial charge in [0.25, 0.3) is 5.91 Å². The van der Waals surface area contributed by atoms with Crippen LogP contribution in [0.4, 0.5) is 24.7 Å². The van der Waals surface area contributed by atoms with Crippen LogP contribution in [0.25, 0.3) is 11.1 Å². The van der Waals surface area contributed by atoms with Gasteiger partial charge in [0.05, 0.1) is 11.7 Å². The standard InChI is InChI=1S/C22H19F3N4O3/c23-22(24,25)32-18-5-3-16(4-6-18)28-21(31)15-10-19(14-2-1-8-26-11-14)20(27-12-15)29-9-7-17(30)13-29/h1-6,8,10-12,17,30H,7,9,13H2,(H,28,31)/t17-/m1/s1. The number of hydrogen-bond acceptors (Lipinski definition) is 6. The van der Waals surface area contributed by atoms with E-state index in [1.807, 2.05) is 11.0 Å². The van der Waals surface area contributed by atoms with Gasteiger partial charge in [-0.2, -0.15) is 0 Å². The lowest BCUT2D eigenvalue weighted by Crippen LogP contribution is -2.23. The van der Waals surface area contributed by atoms with Crippen molar-refractivity contribution in [2.45, 2.75) is 18.9 Å². The molecular formula is C22H19F3N4O3. The zero-order chi connectivity index (χ0) is 22.7. The second-order valence-corrected chi connectivity index (χ2v) is 7.25. The van der Waals surface area contributed by atoms with Gasteiger partial charge in [-0.1, -0.05) is 6.07 Å². The summed E-state index contributed by atoms with van der Waals surface area (Å²) < 4.78 is 40.7. The first-order valence-electron chi connectivity index (χ1n) is 9.79. The van der Waals surface area contributed by atoms with E-state index in [0.717, 1.165) is 17.7 Å². The van der Waals surface area contributed by atoms with Crippen LogP contribution in [-0.4, -0.2) is 46.5 Å². The third kappa shape index (κ3) is 5.14.